The van der Waals surface area contributed by atoms with Gasteiger partial charge in [-0.25, -0.2) is 4.98 Å². The van der Waals surface area contributed by atoms with E-state index in [0.717, 1.165) is 36.7 Å². The molecule has 1 aromatic heterocycles. The molecule has 1 N–H and O–H groups in total. The zero-order valence-electron chi connectivity index (χ0n) is 18.2. The Kier molecular flexibility index (Phi) is 7.19. The Bertz CT molecular complexity index is 813. The van der Waals surface area contributed by atoms with Crippen molar-refractivity contribution in [3.8, 4) is 5.75 Å². The number of benzene rings is 1. The number of likely N-dealkylation sites (tertiary alicyclic amines) is 1. The molecule has 4 heterocycles. The summed E-state index contributed by atoms with van der Waals surface area (Å²) in [4.78, 5) is 18.0. The predicted molar refractivity (Wildman–Crippen MR) is 117 cm³/mol. The molecule has 8 heteroatoms. The van der Waals surface area contributed by atoms with Gasteiger partial charge in [0.1, 0.15) is 18.4 Å². The Balaban J connectivity index is 0.000000730. The second kappa shape index (κ2) is 10.2. The lowest BCUT2D eigenvalue weighted by atomic mass is 9.74. The average molecular weight is 428 g/mol. The van der Waals surface area contributed by atoms with Crippen molar-refractivity contribution in [3.05, 3.63) is 42.5 Å². The largest absolute Gasteiger partial charge is 0.497 e. The van der Waals surface area contributed by atoms with E-state index < -0.39 is 0 Å². The van der Waals surface area contributed by atoms with Gasteiger partial charge in [0.05, 0.1) is 13.7 Å². The van der Waals surface area contributed by atoms with E-state index in [4.69, 9.17) is 14.6 Å². The van der Waals surface area contributed by atoms with Gasteiger partial charge in [-0.2, -0.15) is 5.10 Å². The van der Waals surface area contributed by atoms with Crippen LogP contribution in [0.1, 0.15) is 37.3 Å². The molecular formula is C23H33N5O3. The van der Waals surface area contributed by atoms with Crippen molar-refractivity contribution >= 4 is 6.47 Å². The van der Waals surface area contributed by atoms with Crippen LogP contribution in [0.15, 0.2) is 36.9 Å². The number of aromatic nitrogens is 3. The standard InChI is InChI=1S/C22H31N5O.CH2O2/c1-28-20-7-5-18(6-8-20)21-3-2-4-22-19-11-17(13-27(21)22)12-25(14-19)9-10-26-16-23-15-24-26;2-1-3/h5-8,15-17,19,21-22H,2-4,9-14H2,1H3;1H,(H,2,3)/t17-,19+,21+,22-;/m0./s1. The van der Waals surface area contributed by atoms with Crippen molar-refractivity contribution in [1.82, 2.24) is 24.6 Å². The summed E-state index contributed by atoms with van der Waals surface area (Å²) in [5, 5.41) is 11.1. The molecular weight excluding hydrogens is 394 g/mol. The highest BCUT2D eigenvalue weighted by atomic mass is 16.5. The minimum atomic E-state index is -0.250. The third-order valence-electron chi connectivity index (χ3n) is 7.07. The van der Waals surface area contributed by atoms with Crippen LogP contribution < -0.4 is 4.74 Å². The molecule has 1 aromatic carbocycles. The van der Waals surface area contributed by atoms with Crippen LogP contribution in [-0.2, 0) is 11.3 Å². The highest BCUT2D eigenvalue weighted by molar-refractivity contribution is 5.32. The summed E-state index contributed by atoms with van der Waals surface area (Å²) in [5.74, 6) is 2.56. The topological polar surface area (TPSA) is 83.7 Å². The number of ether oxygens (including phenoxy) is 1. The number of fused-ring (bicyclic) bond motifs is 4. The van der Waals surface area contributed by atoms with Gasteiger partial charge < -0.3 is 14.7 Å². The lowest BCUT2D eigenvalue weighted by Gasteiger charge is -2.55. The third kappa shape index (κ3) is 5.07. The summed E-state index contributed by atoms with van der Waals surface area (Å²) in [7, 11) is 1.74. The summed E-state index contributed by atoms with van der Waals surface area (Å²) in [6.45, 7) is 5.50. The Labute approximate surface area is 183 Å². The number of methoxy groups -OCH3 is 1. The fourth-order valence-corrected chi connectivity index (χ4v) is 5.87. The molecule has 3 aliphatic rings. The molecule has 31 heavy (non-hydrogen) atoms. The Morgan fingerprint density at radius 3 is 2.68 bits per heavy atom. The van der Waals surface area contributed by atoms with Crippen LogP contribution in [0, 0.1) is 11.8 Å². The zero-order valence-corrected chi connectivity index (χ0v) is 18.2. The maximum absolute atomic E-state index is 8.36. The van der Waals surface area contributed by atoms with Crippen LogP contribution in [0.5, 0.6) is 5.75 Å². The number of rotatable bonds is 5. The molecule has 0 amide bonds. The predicted octanol–water partition coefficient (Wildman–Crippen LogP) is 2.54. The van der Waals surface area contributed by atoms with Gasteiger partial charge in [-0.05, 0) is 55.2 Å². The van der Waals surface area contributed by atoms with Gasteiger partial charge in [0.25, 0.3) is 6.47 Å². The van der Waals surface area contributed by atoms with Crippen LogP contribution in [0.4, 0.5) is 0 Å². The molecule has 0 unspecified atom stereocenters. The number of hydrogen-bond donors (Lipinski definition) is 1. The lowest BCUT2D eigenvalue weighted by molar-refractivity contribution is -0.122. The maximum atomic E-state index is 8.36. The first-order valence-electron chi connectivity index (χ1n) is 11.2. The van der Waals surface area contributed by atoms with E-state index in [1.165, 1.54) is 50.9 Å². The van der Waals surface area contributed by atoms with Crippen LogP contribution in [0.2, 0.25) is 0 Å². The number of nitrogens with zero attached hydrogens (tertiary/aromatic N) is 5. The molecule has 168 valence electrons. The second-order valence-electron chi connectivity index (χ2n) is 8.87. The van der Waals surface area contributed by atoms with E-state index in [9.17, 15) is 0 Å². The van der Waals surface area contributed by atoms with E-state index in [0.29, 0.717) is 6.04 Å². The van der Waals surface area contributed by atoms with Gasteiger partial charge in [0.2, 0.25) is 0 Å². The Hall–Kier alpha value is -2.45. The fraction of sp³-hybridized carbons (Fsp3) is 0.609. The van der Waals surface area contributed by atoms with Crippen LogP contribution in [0.25, 0.3) is 0 Å². The Morgan fingerprint density at radius 1 is 1.16 bits per heavy atom. The lowest BCUT2D eigenvalue weighted by Crippen LogP contribution is -2.59. The average Bonchev–Trinajstić information content (AvgIpc) is 3.32. The highest BCUT2D eigenvalue weighted by Gasteiger charge is 2.44. The highest BCUT2D eigenvalue weighted by Crippen LogP contribution is 2.44. The number of hydrogen-bond acceptors (Lipinski definition) is 6. The summed E-state index contributed by atoms with van der Waals surface area (Å²) < 4.78 is 7.31. The first-order valence-corrected chi connectivity index (χ1v) is 11.2. The molecule has 3 saturated heterocycles. The Morgan fingerprint density at radius 2 is 1.97 bits per heavy atom. The molecule has 0 aliphatic carbocycles. The molecule has 5 rings (SSSR count). The first-order chi connectivity index (χ1) is 15.2. The third-order valence-corrected chi connectivity index (χ3v) is 7.07. The van der Waals surface area contributed by atoms with Crippen LogP contribution in [-0.4, -0.2) is 75.5 Å². The summed E-state index contributed by atoms with van der Waals surface area (Å²) in [6.07, 6.45) is 8.87. The maximum Gasteiger partial charge on any atom is 0.290 e. The number of piperidine rings is 3. The van der Waals surface area contributed by atoms with Crippen molar-refractivity contribution in [1.29, 1.82) is 0 Å². The van der Waals surface area contributed by atoms with Crippen molar-refractivity contribution in [2.75, 3.05) is 33.3 Å². The molecule has 0 spiro atoms. The summed E-state index contributed by atoms with van der Waals surface area (Å²) in [5.41, 5.74) is 1.47. The molecule has 3 aliphatic heterocycles. The normalized spacial score (nSPS) is 28.2. The van der Waals surface area contributed by atoms with E-state index in [1.807, 2.05) is 11.0 Å². The van der Waals surface area contributed by atoms with E-state index in [1.54, 1.807) is 13.4 Å². The first kappa shape index (κ1) is 21.8. The van der Waals surface area contributed by atoms with Crippen LogP contribution in [0.3, 0.4) is 0 Å². The second-order valence-corrected chi connectivity index (χ2v) is 8.87. The van der Waals surface area contributed by atoms with Gasteiger partial charge in [0, 0.05) is 38.3 Å². The van der Waals surface area contributed by atoms with Crippen molar-refractivity contribution in [2.45, 2.75) is 44.3 Å². The fourth-order valence-electron chi connectivity index (χ4n) is 5.87. The van der Waals surface area contributed by atoms with Gasteiger partial charge in [-0.1, -0.05) is 12.1 Å². The minimum absolute atomic E-state index is 0.250. The monoisotopic (exact) mass is 427 g/mol. The molecule has 4 atom stereocenters. The van der Waals surface area contributed by atoms with Gasteiger partial charge in [-0.15, -0.1) is 0 Å². The number of carbonyl (C=O) groups is 1. The molecule has 0 radical (unpaired) electrons. The molecule has 0 saturated carbocycles. The van der Waals surface area contributed by atoms with Crippen molar-refractivity contribution < 1.29 is 14.6 Å². The quantitative estimate of drug-likeness (QED) is 0.734. The van der Waals surface area contributed by atoms with E-state index >= 15 is 0 Å². The summed E-state index contributed by atoms with van der Waals surface area (Å²) in [6, 6.07) is 10.1. The van der Waals surface area contributed by atoms with Crippen molar-refractivity contribution in [3.63, 3.8) is 0 Å². The smallest absolute Gasteiger partial charge is 0.290 e. The van der Waals surface area contributed by atoms with Gasteiger partial charge in [-0.3, -0.25) is 14.4 Å². The van der Waals surface area contributed by atoms with Crippen molar-refractivity contribution in [2.24, 2.45) is 11.8 Å². The molecule has 8 nitrogen and oxygen atoms in total. The molecule has 2 bridgehead atoms. The SMILES string of the molecule is COc1ccc([C@H]2CCC[C@H]3[C@@H]4C[C@@H](CN(CCn5cncn5)C4)CN23)cc1.O=CO. The minimum Gasteiger partial charge on any atom is -0.497 e. The van der Waals surface area contributed by atoms with E-state index in [-0.39, 0.29) is 6.47 Å². The van der Waals surface area contributed by atoms with Crippen LogP contribution >= 0.6 is 0 Å². The summed E-state index contributed by atoms with van der Waals surface area (Å²) >= 11 is 0. The zero-order chi connectivity index (χ0) is 21.6. The van der Waals surface area contributed by atoms with E-state index in [2.05, 4.69) is 44.1 Å². The molecule has 3 fully saturated rings. The van der Waals surface area contributed by atoms with Gasteiger partial charge in [0.15, 0.2) is 0 Å². The number of carboxylic acid groups (broad SMARTS) is 1. The molecule has 2 aromatic rings. The van der Waals surface area contributed by atoms with Gasteiger partial charge >= 0.3 is 0 Å².